The number of aliphatic hydroxyl groups excluding tert-OH is 1. The molecule has 0 spiro atoms. The Morgan fingerprint density at radius 1 is 1.57 bits per heavy atom. The smallest absolute Gasteiger partial charge is 0.309 e. The molecule has 2 aliphatic carbocycles. The molecule has 0 aromatic rings. The first kappa shape index (κ1) is 10.2. The van der Waals surface area contributed by atoms with E-state index in [1.165, 1.54) is 7.11 Å². The number of aliphatic hydroxyl groups is 1. The third-order valence-corrected chi connectivity index (χ3v) is 4.15. The zero-order valence-electron chi connectivity index (χ0n) is 8.15. The maximum absolute atomic E-state index is 11.5. The zero-order valence-corrected chi connectivity index (χ0v) is 8.91. The minimum atomic E-state index is -0.330. The van der Waals surface area contributed by atoms with E-state index < -0.39 is 0 Å². The lowest BCUT2D eigenvalue weighted by Crippen LogP contribution is -2.37. The molecule has 3 nitrogen and oxygen atoms in total. The molecule has 14 heavy (non-hydrogen) atoms. The Balaban J connectivity index is 2.17. The van der Waals surface area contributed by atoms with Crippen LogP contribution in [0, 0.1) is 23.7 Å². The van der Waals surface area contributed by atoms with Crippen molar-refractivity contribution in [3.8, 4) is 0 Å². The fraction of sp³-hybridized carbons (Fsp3) is 0.900. The van der Waals surface area contributed by atoms with Crippen LogP contribution in [0.5, 0.6) is 0 Å². The van der Waals surface area contributed by atoms with Crippen molar-refractivity contribution in [2.75, 3.05) is 13.0 Å². The van der Waals surface area contributed by atoms with Crippen molar-refractivity contribution >= 4 is 17.6 Å². The highest BCUT2D eigenvalue weighted by atomic mass is 35.5. The molecule has 0 heterocycles. The van der Waals surface area contributed by atoms with Crippen molar-refractivity contribution in [1.82, 2.24) is 0 Å². The third kappa shape index (κ3) is 1.34. The van der Waals surface area contributed by atoms with Crippen molar-refractivity contribution in [3.63, 3.8) is 0 Å². The van der Waals surface area contributed by atoms with Crippen LogP contribution in [-0.2, 0) is 9.53 Å². The van der Waals surface area contributed by atoms with E-state index in [0.29, 0.717) is 11.8 Å². The molecule has 2 aliphatic rings. The quantitative estimate of drug-likeness (QED) is 0.556. The van der Waals surface area contributed by atoms with E-state index in [1.54, 1.807) is 0 Å². The van der Waals surface area contributed by atoms with Crippen molar-refractivity contribution in [2.24, 2.45) is 23.7 Å². The number of halogens is 1. The molecule has 0 amide bonds. The lowest BCUT2D eigenvalue weighted by Gasteiger charge is -2.30. The van der Waals surface area contributed by atoms with E-state index in [0.717, 1.165) is 12.8 Å². The highest BCUT2D eigenvalue weighted by Gasteiger charge is 2.55. The molecular weight excluding hydrogens is 204 g/mol. The van der Waals surface area contributed by atoms with Gasteiger partial charge in [-0.15, -0.1) is 11.6 Å². The minimum absolute atomic E-state index is 0.0798. The molecule has 0 aromatic carbocycles. The Morgan fingerprint density at radius 3 is 2.86 bits per heavy atom. The summed E-state index contributed by atoms with van der Waals surface area (Å²) >= 11 is 5.86. The van der Waals surface area contributed by atoms with Gasteiger partial charge in [0, 0.05) is 5.88 Å². The van der Waals surface area contributed by atoms with Crippen LogP contribution in [-0.4, -0.2) is 30.2 Å². The summed E-state index contributed by atoms with van der Waals surface area (Å²) in [6.07, 6.45) is 1.40. The van der Waals surface area contributed by atoms with Crippen LogP contribution in [0.1, 0.15) is 12.8 Å². The Labute approximate surface area is 88.4 Å². The van der Waals surface area contributed by atoms with Gasteiger partial charge in [0.25, 0.3) is 0 Å². The number of esters is 1. The van der Waals surface area contributed by atoms with E-state index in [1.807, 2.05) is 0 Å². The zero-order chi connectivity index (χ0) is 10.3. The molecular formula is C10H15ClO3. The number of methoxy groups -OCH3 is 1. The van der Waals surface area contributed by atoms with Crippen LogP contribution >= 0.6 is 11.6 Å². The molecule has 0 saturated heterocycles. The SMILES string of the molecule is COC(=O)[C@H]1[C@H]2C[C@H](C[C@@H]2O)[C@@H]1CCl. The van der Waals surface area contributed by atoms with Gasteiger partial charge in [-0.05, 0) is 30.6 Å². The van der Waals surface area contributed by atoms with Gasteiger partial charge in [-0.1, -0.05) is 0 Å². The lowest BCUT2D eigenvalue weighted by molar-refractivity contribution is -0.151. The predicted octanol–water partition coefficient (Wildman–Crippen LogP) is 1.03. The van der Waals surface area contributed by atoms with Crippen LogP contribution in [0.3, 0.4) is 0 Å². The first-order chi connectivity index (χ1) is 6.69. The molecule has 4 heteroatoms. The molecule has 0 unspecified atom stereocenters. The van der Waals surface area contributed by atoms with Gasteiger partial charge >= 0.3 is 5.97 Å². The second kappa shape index (κ2) is 3.70. The summed E-state index contributed by atoms with van der Waals surface area (Å²) in [5.41, 5.74) is 0. The Hall–Kier alpha value is -0.280. The molecule has 5 atom stereocenters. The summed E-state index contributed by atoms with van der Waals surface area (Å²) in [4.78, 5) is 11.5. The summed E-state index contributed by atoms with van der Waals surface area (Å²) in [5.74, 6) is 0.812. The monoisotopic (exact) mass is 218 g/mol. The number of fused-ring (bicyclic) bond motifs is 2. The lowest BCUT2D eigenvalue weighted by atomic mass is 9.79. The van der Waals surface area contributed by atoms with E-state index >= 15 is 0 Å². The van der Waals surface area contributed by atoms with Crippen molar-refractivity contribution < 1.29 is 14.6 Å². The van der Waals surface area contributed by atoms with Gasteiger partial charge in [0.2, 0.25) is 0 Å². The molecule has 1 N–H and O–H groups in total. The van der Waals surface area contributed by atoms with Gasteiger partial charge in [-0.2, -0.15) is 0 Å². The molecule has 80 valence electrons. The summed E-state index contributed by atoms with van der Waals surface area (Å²) in [7, 11) is 1.39. The number of ether oxygens (including phenoxy) is 1. The number of rotatable bonds is 2. The highest BCUT2D eigenvalue weighted by molar-refractivity contribution is 6.18. The summed E-state index contributed by atoms with van der Waals surface area (Å²) in [6.45, 7) is 0. The Bertz CT molecular complexity index is 242. The average Bonchev–Trinajstić information content (AvgIpc) is 2.71. The van der Waals surface area contributed by atoms with E-state index in [9.17, 15) is 9.90 Å². The standard InChI is InChI=1S/C10H15ClO3/c1-14-10(13)9-6-2-5(3-8(6)12)7(9)4-11/h5-9,12H,2-4H2,1H3/t5-,6+,7+,8+,9+/m1/s1. The Kier molecular flexibility index (Phi) is 2.71. The second-order valence-corrected chi connectivity index (χ2v) is 4.64. The van der Waals surface area contributed by atoms with Crippen LogP contribution in [0.4, 0.5) is 0 Å². The number of hydrogen-bond donors (Lipinski definition) is 1. The van der Waals surface area contributed by atoms with Crippen LogP contribution in [0.25, 0.3) is 0 Å². The maximum Gasteiger partial charge on any atom is 0.309 e. The molecule has 2 saturated carbocycles. The maximum atomic E-state index is 11.5. The van der Waals surface area contributed by atoms with Crippen LogP contribution in [0.15, 0.2) is 0 Å². The predicted molar refractivity (Wildman–Crippen MR) is 51.9 cm³/mol. The number of alkyl halides is 1. The van der Waals surface area contributed by atoms with Gasteiger partial charge in [0.05, 0.1) is 19.1 Å². The molecule has 0 radical (unpaired) electrons. The first-order valence-corrected chi connectivity index (χ1v) is 5.54. The summed E-state index contributed by atoms with van der Waals surface area (Å²) in [6, 6.07) is 0. The fourth-order valence-electron chi connectivity index (χ4n) is 3.14. The van der Waals surface area contributed by atoms with Crippen LogP contribution < -0.4 is 0 Å². The second-order valence-electron chi connectivity index (χ2n) is 4.33. The Morgan fingerprint density at radius 2 is 2.29 bits per heavy atom. The van der Waals surface area contributed by atoms with Gasteiger partial charge in [-0.3, -0.25) is 4.79 Å². The normalized spacial score (nSPS) is 45.5. The molecule has 0 aliphatic heterocycles. The van der Waals surface area contributed by atoms with Crippen molar-refractivity contribution in [2.45, 2.75) is 18.9 Å². The van der Waals surface area contributed by atoms with E-state index in [4.69, 9.17) is 16.3 Å². The molecule has 2 fully saturated rings. The van der Waals surface area contributed by atoms with Gasteiger partial charge in [0.1, 0.15) is 0 Å². The van der Waals surface area contributed by atoms with Gasteiger partial charge in [-0.25, -0.2) is 0 Å². The summed E-state index contributed by atoms with van der Waals surface area (Å²) < 4.78 is 4.76. The fourth-order valence-corrected chi connectivity index (χ4v) is 3.59. The highest BCUT2D eigenvalue weighted by Crippen LogP contribution is 2.53. The van der Waals surface area contributed by atoms with E-state index in [2.05, 4.69) is 0 Å². The number of carbonyl (C=O) groups excluding carboxylic acids is 1. The van der Waals surface area contributed by atoms with E-state index in [-0.39, 0.29) is 29.8 Å². The van der Waals surface area contributed by atoms with Crippen molar-refractivity contribution in [3.05, 3.63) is 0 Å². The molecule has 2 rings (SSSR count). The molecule has 2 bridgehead atoms. The van der Waals surface area contributed by atoms with Crippen LogP contribution in [0.2, 0.25) is 0 Å². The minimum Gasteiger partial charge on any atom is -0.469 e. The molecule has 0 aromatic heterocycles. The third-order valence-electron chi connectivity index (χ3n) is 3.79. The largest absolute Gasteiger partial charge is 0.469 e. The number of hydrogen-bond acceptors (Lipinski definition) is 3. The topological polar surface area (TPSA) is 46.5 Å². The first-order valence-electron chi connectivity index (χ1n) is 5.01. The summed E-state index contributed by atoms with van der Waals surface area (Å²) in [5, 5.41) is 9.70. The average molecular weight is 219 g/mol. The number of carbonyl (C=O) groups is 1. The van der Waals surface area contributed by atoms with Gasteiger partial charge < -0.3 is 9.84 Å². The van der Waals surface area contributed by atoms with Gasteiger partial charge in [0.15, 0.2) is 0 Å². The van der Waals surface area contributed by atoms with Crippen molar-refractivity contribution in [1.29, 1.82) is 0 Å².